The summed E-state index contributed by atoms with van der Waals surface area (Å²) in [4.78, 5) is 31.5. The fourth-order valence-corrected chi connectivity index (χ4v) is 3.63. The number of pyridine rings is 1. The van der Waals surface area contributed by atoms with E-state index in [0.29, 0.717) is 6.42 Å². The monoisotopic (exact) mass is 368 g/mol. The average Bonchev–Trinajstić information content (AvgIpc) is 2.60. The maximum absolute atomic E-state index is 12.1. The normalized spacial score (nSPS) is 18.6. The van der Waals surface area contributed by atoms with Gasteiger partial charge < -0.3 is 20.2 Å². The highest BCUT2D eigenvalue weighted by Gasteiger charge is 2.33. The Labute approximate surface area is 158 Å². The molecule has 1 aromatic heterocycles. The van der Waals surface area contributed by atoms with Gasteiger partial charge in [0.15, 0.2) is 0 Å². The van der Waals surface area contributed by atoms with Crippen LogP contribution in [0.3, 0.4) is 0 Å². The van der Waals surface area contributed by atoms with Crippen molar-refractivity contribution in [2.45, 2.75) is 32.4 Å². The number of nitrogens with zero attached hydrogens (tertiary/aromatic N) is 3. The van der Waals surface area contributed by atoms with E-state index in [-0.39, 0.29) is 18.0 Å². The zero-order valence-electron chi connectivity index (χ0n) is 15.9. The van der Waals surface area contributed by atoms with Crippen molar-refractivity contribution in [1.82, 2.24) is 10.3 Å². The first-order valence-electron chi connectivity index (χ1n) is 8.85. The topological polar surface area (TPSA) is 85.8 Å². The Kier molecular flexibility index (Phi) is 5.03. The number of hydrogen-bond acceptors (Lipinski definition) is 4. The Bertz CT molecular complexity index is 864. The molecule has 1 aromatic carbocycles. The molecule has 0 fully saturated rings. The minimum Gasteiger partial charge on any atom is -0.465 e. The minimum absolute atomic E-state index is 0.0534. The molecule has 0 bridgehead atoms. The molecule has 2 unspecified atom stereocenters. The molecular weight excluding hydrogens is 344 g/mol. The zero-order chi connectivity index (χ0) is 19.7. The third kappa shape index (κ3) is 3.72. The summed E-state index contributed by atoms with van der Waals surface area (Å²) >= 11 is 0. The molecule has 142 valence electrons. The van der Waals surface area contributed by atoms with Crippen molar-refractivity contribution in [3.63, 3.8) is 0 Å². The summed E-state index contributed by atoms with van der Waals surface area (Å²) in [6, 6.07) is 9.25. The van der Waals surface area contributed by atoms with Gasteiger partial charge in [0, 0.05) is 44.5 Å². The number of carbonyl (C=O) groups is 2. The van der Waals surface area contributed by atoms with E-state index in [2.05, 4.69) is 10.3 Å². The number of fused-ring (bicyclic) bond motifs is 1. The van der Waals surface area contributed by atoms with Crippen LogP contribution >= 0.6 is 0 Å². The van der Waals surface area contributed by atoms with E-state index in [1.807, 2.05) is 56.3 Å². The molecule has 0 spiro atoms. The summed E-state index contributed by atoms with van der Waals surface area (Å²) in [6.07, 6.45) is 1.25. The molecule has 0 saturated carbocycles. The first-order valence-corrected chi connectivity index (χ1v) is 8.85. The van der Waals surface area contributed by atoms with Crippen LogP contribution in [0.2, 0.25) is 0 Å². The molecule has 0 radical (unpaired) electrons. The third-order valence-electron chi connectivity index (χ3n) is 4.86. The zero-order valence-corrected chi connectivity index (χ0v) is 15.9. The van der Waals surface area contributed by atoms with Crippen LogP contribution in [-0.2, 0) is 4.79 Å². The lowest BCUT2D eigenvalue weighted by atomic mass is 9.89. The molecule has 2 heterocycles. The lowest BCUT2D eigenvalue weighted by molar-refractivity contribution is -0.117. The van der Waals surface area contributed by atoms with Crippen LogP contribution in [0.15, 0.2) is 36.5 Å². The molecule has 1 aliphatic rings. The van der Waals surface area contributed by atoms with Crippen molar-refractivity contribution in [1.29, 1.82) is 0 Å². The van der Waals surface area contributed by atoms with Crippen molar-refractivity contribution >= 4 is 23.5 Å². The Morgan fingerprint density at radius 3 is 2.48 bits per heavy atom. The predicted molar refractivity (Wildman–Crippen MR) is 105 cm³/mol. The second-order valence-electron chi connectivity index (χ2n) is 7.05. The average molecular weight is 368 g/mol. The molecule has 0 saturated heterocycles. The summed E-state index contributed by atoms with van der Waals surface area (Å²) in [5.41, 5.74) is 3.42. The van der Waals surface area contributed by atoms with Gasteiger partial charge in [-0.3, -0.25) is 4.79 Å². The Morgan fingerprint density at radius 2 is 1.93 bits per heavy atom. The molecule has 2 atom stereocenters. The molecule has 7 nitrogen and oxygen atoms in total. The number of carboxylic acid groups (broad SMARTS) is 1. The van der Waals surface area contributed by atoms with Crippen LogP contribution in [0.25, 0.3) is 11.1 Å². The summed E-state index contributed by atoms with van der Waals surface area (Å²) in [7, 11) is 3.86. The van der Waals surface area contributed by atoms with Gasteiger partial charge >= 0.3 is 6.09 Å². The van der Waals surface area contributed by atoms with Crippen molar-refractivity contribution in [2.24, 2.45) is 0 Å². The highest BCUT2D eigenvalue weighted by Crippen LogP contribution is 2.39. The molecule has 7 heteroatoms. The highest BCUT2D eigenvalue weighted by atomic mass is 16.4. The van der Waals surface area contributed by atoms with Crippen molar-refractivity contribution in [3.8, 4) is 11.1 Å². The van der Waals surface area contributed by atoms with Gasteiger partial charge in [-0.05, 0) is 48.7 Å². The largest absolute Gasteiger partial charge is 0.465 e. The van der Waals surface area contributed by atoms with Gasteiger partial charge in [-0.25, -0.2) is 9.78 Å². The molecule has 27 heavy (non-hydrogen) atoms. The number of aromatic nitrogens is 1. The van der Waals surface area contributed by atoms with E-state index < -0.39 is 6.09 Å². The summed E-state index contributed by atoms with van der Waals surface area (Å²) < 4.78 is 0. The number of rotatable bonds is 3. The van der Waals surface area contributed by atoms with Crippen molar-refractivity contribution in [2.75, 3.05) is 23.9 Å². The van der Waals surface area contributed by atoms with E-state index in [0.717, 1.165) is 28.2 Å². The molecule has 2 N–H and O–H groups in total. The maximum atomic E-state index is 12.1. The Balaban J connectivity index is 2.05. The second kappa shape index (κ2) is 7.26. The van der Waals surface area contributed by atoms with Crippen LogP contribution < -0.4 is 15.1 Å². The van der Waals surface area contributed by atoms with Gasteiger partial charge in [0.05, 0.1) is 6.04 Å². The molecule has 2 aromatic rings. The van der Waals surface area contributed by atoms with Crippen molar-refractivity contribution < 1.29 is 14.7 Å². The Hall–Kier alpha value is -3.09. The van der Waals surface area contributed by atoms with Gasteiger partial charge in [0.1, 0.15) is 5.82 Å². The fourth-order valence-electron chi connectivity index (χ4n) is 3.63. The van der Waals surface area contributed by atoms with E-state index in [9.17, 15) is 14.7 Å². The number of nitrogens with one attached hydrogen (secondary N) is 1. The SMILES string of the molecule is CC(=O)N1c2ccc(-c3ccc(N(C)C)nc3)cc2C(NC(=O)O)CC1C. The first kappa shape index (κ1) is 18.7. The predicted octanol–water partition coefficient (Wildman–Crippen LogP) is 3.27. The minimum atomic E-state index is -1.07. The number of benzene rings is 1. The van der Waals surface area contributed by atoms with Gasteiger partial charge in [-0.15, -0.1) is 0 Å². The summed E-state index contributed by atoms with van der Waals surface area (Å²) in [5, 5.41) is 11.8. The first-order chi connectivity index (χ1) is 12.8. The van der Waals surface area contributed by atoms with Crippen molar-refractivity contribution in [3.05, 3.63) is 42.1 Å². The van der Waals surface area contributed by atoms with E-state index in [4.69, 9.17) is 0 Å². The molecule has 2 amide bonds. The number of carbonyl (C=O) groups excluding carboxylic acids is 1. The second-order valence-corrected chi connectivity index (χ2v) is 7.05. The van der Waals surface area contributed by atoms with Gasteiger partial charge in [0.2, 0.25) is 5.91 Å². The number of hydrogen-bond donors (Lipinski definition) is 2. The standard InChI is InChI=1S/C20H24N4O3/c1-12-9-17(22-20(26)27)16-10-14(5-7-18(16)24(12)13(2)25)15-6-8-19(21-11-15)23(3)4/h5-8,10-12,17,22H,9H2,1-4H3,(H,26,27). The maximum Gasteiger partial charge on any atom is 0.405 e. The third-order valence-corrected chi connectivity index (χ3v) is 4.86. The van der Waals surface area contributed by atoms with Gasteiger partial charge in [-0.2, -0.15) is 0 Å². The van der Waals surface area contributed by atoms with Gasteiger partial charge in [-0.1, -0.05) is 6.07 Å². The van der Waals surface area contributed by atoms with Crippen LogP contribution in [0, 0.1) is 0 Å². The lowest BCUT2D eigenvalue weighted by Gasteiger charge is -2.39. The Morgan fingerprint density at radius 1 is 1.22 bits per heavy atom. The summed E-state index contributed by atoms with van der Waals surface area (Å²) in [6.45, 7) is 3.46. The number of amides is 2. The van der Waals surface area contributed by atoms with E-state index in [1.165, 1.54) is 6.92 Å². The van der Waals surface area contributed by atoms with Crippen LogP contribution in [0.1, 0.15) is 31.9 Å². The van der Waals surface area contributed by atoms with Crippen LogP contribution in [-0.4, -0.2) is 42.2 Å². The number of anilines is 2. The van der Waals surface area contributed by atoms with Crippen LogP contribution in [0.5, 0.6) is 0 Å². The molecular formula is C20H24N4O3. The molecule has 0 aliphatic carbocycles. The quantitative estimate of drug-likeness (QED) is 0.868. The molecule has 3 rings (SSSR count). The molecule has 1 aliphatic heterocycles. The van der Waals surface area contributed by atoms with Gasteiger partial charge in [0.25, 0.3) is 0 Å². The van der Waals surface area contributed by atoms with E-state index >= 15 is 0 Å². The highest BCUT2D eigenvalue weighted by molar-refractivity contribution is 5.94. The lowest BCUT2D eigenvalue weighted by Crippen LogP contribution is -2.45. The summed E-state index contributed by atoms with van der Waals surface area (Å²) in [5.74, 6) is 0.806. The smallest absolute Gasteiger partial charge is 0.405 e. The van der Waals surface area contributed by atoms with E-state index in [1.54, 1.807) is 11.1 Å². The fraction of sp³-hybridized carbons (Fsp3) is 0.350. The van der Waals surface area contributed by atoms with Crippen LogP contribution in [0.4, 0.5) is 16.3 Å².